The average molecular weight is 254 g/mol. The zero-order valence-corrected chi connectivity index (χ0v) is 9.05. The molecule has 0 bridgehead atoms. The van der Waals surface area contributed by atoms with Gasteiger partial charge in [-0.25, -0.2) is 0 Å². The van der Waals surface area contributed by atoms with Crippen molar-refractivity contribution in [1.82, 2.24) is 0 Å². The zero-order chi connectivity index (χ0) is 12.2. The summed E-state index contributed by atoms with van der Waals surface area (Å²) in [5, 5.41) is 0.147. The molecule has 1 rings (SSSR count). The van der Waals surface area contributed by atoms with E-state index in [1.807, 2.05) is 0 Å². The van der Waals surface area contributed by atoms with Crippen molar-refractivity contribution in [2.24, 2.45) is 5.73 Å². The van der Waals surface area contributed by atoms with Crippen molar-refractivity contribution in [3.63, 3.8) is 0 Å². The minimum absolute atomic E-state index is 0.0138. The number of hydrogen-bond acceptors (Lipinski definition) is 2. The molecule has 2 N–H and O–H groups in total. The van der Waals surface area contributed by atoms with Crippen LogP contribution in [0.15, 0.2) is 24.3 Å². The number of ether oxygens (including phenoxy) is 1. The van der Waals surface area contributed by atoms with E-state index >= 15 is 0 Å². The summed E-state index contributed by atoms with van der Waals surface area (Å²) >= 11 is 5.69. The van der Waals surface area contributed by atoms with Crippen molar-refractivity contribution in [1.29, 1.82) is 0 Å². The van der Waals surface area contributed by atoms with E-state index in [4.69, 9.17) is 22.1 Å². The van der Waals surface area contributed by atoms with Crippen LogP contribution >= 0.6 is 11.6 Å². The van der Waals surface area contributed by atoms with Crippen molar-refractivity contribution in [2.45, 2.75) is 18.7 Å². The van der Waals surface area contributed by atoms with Crippen LogP contribution in [0.1, 0.15) is 6.42 Å². The Morgan fingerprint density at radius 1 is 1.31 bits per heavy atom. The Kier molecular flexibility index (Phi) is 4.44. The standard InChI is InChI=1S/C10H11ClF3NO/c11-7-3-1-2-4-8(7)16-9(5-6-15)10(12,13)14/h1-4,9H,5-6,15H2. The minimum Gasteiger partial charge on any atom is -0.479 e. The molecule has 0 fully saturated rings. The fraction of sp³-hybridized carbons (Fsp3) is 0.400. The Morgan fingerprint density at radius 2 is 1.94 bits per heavy atom. The van der Waals surface area contributed by atoms with Gasteiger partial charge in [0.1, 0.15) is 5.75 Å². The first-order valence-electron chi connectivity index (χ1n) is 4.63. The lowest BCUT2D eigenvalue weighted by Crippen LogP contribution is -2.36. The van der Waals surface area contributed by atoms with Crippen molar-refractivity contribution >= 4 is 11.6 Å². The third kappa shape index (κ3) is 3.57. The highest BCUT2D eigenvalue weighted by atomic mass is 35.5. The summed E-state index contributed by atoms with van der Waals surface area (Å²) in [5.74, 6) is 0.0138. The highest BCUT2D eigenvalue weighted by Crippen LogP contribution is 2.30. The summed E-state index contributed by atoms with van der Waals surface area (Å²) in [6.07, 6.45) is -6.66. The topological polar surface area (TPSA) is 35.2 Å². The fourth-order valence-corrected chi connectivity index (χ4v) is 1.31. The highest BCUT2D eigenvalue weighted by molar-refractivity contribution is 6.32. The lowest BCUT2D eigenvalue weighted by atomic mass is 10.2. The van der Waals surface area contributed by atoms with Gasteiger partial charge < -0.3 is 10.5 Å². The minimum atomic E-state index is -4.45. The first-order valence-corrected chi connectivity index (χ1v) is 5.01. The molecular formula is C10H11ClF3NO. The SMILES string of the molecule is NCCC(Oc1ccccc1Cl)C(F)(F)F. The van der Waals surface area contributed by atoms with Gasteiger partial charge in [-0.15, -0.1) is 0 Å². The molecule has 6 heteroatoms. The third-order valence-electron chi connectivity index (χ3n) is 1.90. The van der Waals surface area contributed by atoms with E-state index < -0.39 is 12.3 Å². The molecule has 2 nitrogen and oxygen atoms in total. The van der Waals surface area contributed by atoms with Crippen molar-refractivity contribution in [3.8, 4) is 5.75 Å². The van der Waals surface area contributed by atoms with Crippen LogP contribution < -0.4 is 10.5 Å². The first-order chi connectivity index (χ1) is 7.45. The van der Waals surface area contributed by atoms with Gasteiger partial charge in [-0.2, -0.15) is 13.2 Å². The number of hydrogen-bond donors (Lipinski definition) is 1. The molecule has 0 radical (unpaired) electrons. The second kappa shape index (κ2) is 5.41. The number of para-hydroxylation sites is 1. The Labute approximate surface area is 96.1 Å². The molecule has 0 saturated carbocycles. The smallest absolute Gasteiger partial charge is 0.425 e. The van der Waals surface area contributed by atoms with Crippen LogP contribution in [0.5, 0.6) is 5.75 Å². The molecule has 1 unspecified atom stereocenters. The molecule has 1 aromatic carbocycles. The number of benzene rings is 1. The van der Waals surface area contributed by atoms with Gasteiger partial charge in [0.15, 0.2) is 6.10 Å². The molecule has 16 heavy (non-hydrogen) atoms. The number of halogens is 4. The van der Waals surface area contributed by atoms with Crippen LogP contribution in [-0.2, 0) is 0 Å². The number of alkyl halides is 3. The van der Waals surface area contributed by atoms with Crippen molar-refractivity contribution in [2.75, 3.05) is 6.54 Å². The summed E-state index contributed by atoms with van der Waals surface area (Å²) in [4.78, 5) is 0. The van der Waals surface area contributed by atoms with Gasteiger partial charge in [-0.1, -0.05) is 23.7 Å². The van der Waals surface area contributed by atoms with Crippen LogP contribution in [0.2, 0.25) is 5.02 Å². The molecule has 1 atom stereocenters. The molecule has 0 heterocycles. The predicted molar refractivity (Wildman–Crippen MR) is 55.6 cm³/mol. The van der Waals surface area contributed by atoms with Gasteiger partial charge in [0.25, 0.3) is 0 Å². The molecule has 0 aliphatic heterocycles. The maximum absolute atomic E-state index is 12.5. The van der Waals surface area contributed by atoms with Gasteiger partial charge in [-0.05, 0) is 18.7 Å². The van der Waals surface area contributed by atoms with Gasteiger partial charge >= 0.3 is 6.18 Å². The van der Waals surface area contributed by atoms with Crippen LogP contribution in [0.25, 0.3) is 0 Å². The maximum atomic E-state index is 12.5. The average Bonchev–Trinajstić information content (AvgIpc) is 2.19. The molecule has 0 aromatic heterocycles. The highest BCUT2D eigenvalue weighted by Gasteiger charge is 2.41. The third-order valence-corrected chi connectivity index (χ3v) is 2.21. The summed E-state index contributed by atoms with van der Waals surface area (Å²) in [6, 6.07) is 6.02. The number of rotatable bonds is 4. The van der Waals surface area contributed by atoms with E-state index in [0.717, 1.165) is 0 Å². The van der Waals surface area contributed by atoms with Gasteiger partial charge in [0.05, 0.1) is 5.02 Å². The molecule has 90 valence electrons. The molecular weight excluding hydrogens is 243 g/mol. The monoisotopic (exact) mass is 253 g/mol. The summed E-state index contributed by atoms with van der Waals surface area (Å²) < 4.78 is 42.3. The Hall–Kier alpha value is -0.940. The lowest BCUT2D eigenvalue weighted by Gasteiger charge is -2.21. The Bertz CT molecular complexity index is 343. The number of nitrogens with two attached hydrogens (primary N) is 1. The first kappa shape index (κ1) is 13.1. The van der Waals surface area contributed by atoms with Gasteiger partial charge in [0.2, 0.25) is 0 Å². The Balaban J connectivity index is 2.80. The summed E-state index contributed by atoms with van der Waals surface area (Å²) in [7, 11) is 0. The van der Waals surface area contributed by atoms with Crippen LogP contribution in [0, 0.1) is 0 Å². The second-order valence-electron chi connectivity index (χ2n) is 3.16. The molecule has 0 spiro atoms. The van der Waals surface area contributed by atoms with E-state index in [1.54, 1.807) is 12.1 Å². The summed E-state index contributed by atoms with van der Waals surface area (Å²) in [6.45, 7) is -0.103. The maximum Gasteiger partial charge on any atom is 0.425 e. The second-order valence-corrected chi connectivity index (χ2v) is 3.56. The predicted octanol–water partition coefficient (Wildman–Crippen LogP) is 3.00. The van der Waals surface area contributed by atoms with Gasteiger partial charge in [0, 0.05) is 6.42 Å². The summed E-state index contributed by atoms with van der Waals surface area (Å²) in [5.41, 5.74) is 5.10. The largest absolute Gasteiger partial charge is 0.479 e. The van der Waals surface area contributed by atoms with E-state index in [0.29, 0.717) is 0 Å². The quantitative estimate of drug-likeness (QED) is 0.895. The van der Waals surface area contributed by atoms with Crippen LogP contribution in [0.3, 0.4) is 0 Å². The molecule has 0 aliphatic rings. The van der Waals surface area contributed by atoms with Crippen LogP contribution in [-0.4, -0.2) is 18.8 Å². The fourth-order valence-electron chi connectivity index (χ4n) is 1.13. The molecule has 0 saturated heterocycles. The Morgan fingerprint density at radius 3 is 2.44 bits per heavy atom. The van der Waals surface area contributed by atoms with E-state index in [-0.39, 0.29) is 23.7 Å². The van der Waals surface area contributed by atoms with Crippen molar-refractivity contribution < 1.29 is 17.9 Å². The van der Waals surface area contributed by atoms with E-state index in [2.05, 4.69) is 0 Å². The molecule has 0 amide bonds. The van der Waals surface area contributed by atoms with Crippen LogP contribution in [0.4, 0.5) is 13.2 Å². The normalized spacial score (nSPS) is 13.6. The lowest BCUT2D eigenvalue weighted by molar-refractivity contribution is -0.196. The van der Waals surface area contributed by atoms with Gasteiger partial charge in [-0.3, -0.25) is 0 Å². The van der Waals surface area contributed by atoms with E-state index in [9.17, 15) is 13.2 Å². The molecule has 1 aromatic rings. The molecule has 0 aliphatic carbocycles. The van der Waals surface area contributed by atoms with E-state index in [1.165, 1.54) is 12.1 Å². The van der Waals surface area contributed by atoms with Crippen molar-refractivity contribution in [3.05, 3.63) is 29.3 Å². The zero-order valence-electron chi connectivity index (χ0n) is 8.30.